The fraction of sp³-hybridized carbons (Fsp3) is 0.250. The lowest BCUT2D eigenvalue weighted by Gasteiger charge is -2.38. The first kappa shape index (κ1) is 19.7. The van der Waals surface area contributed by atoms with E-state index in [1.54, 1.807) is 41.7 Å². The van der Waals surface area contributed by atoms with Gasteiger partial charge in [0, 0.05) is 43.7 Å². The minimum absolute atomic E-state index is 0.0885. The van der Waals surface area contributed by atoms with Crippen molar-refractivity contribution in [1.82, 2.24) is 14.9 Å². The Labute approximate surface area is 175 Å². The van der Waals surface area contributed by atoms with Gasteiger partial charge in [-0.3, -0.25) is 14.8 Å². The fourth-order valence-electron chi connectivity index (χ4n) is 3.93. The van der Waals surface area contributed by atoms with E-state index < -0.39 is 5.60 Å². The van der Waals surface area contributed by atoms with Gasteiger partial charge in [-0.05, 0) is 48.7 Å². The molecule has 1 amide bonds. The Balaban J connectivity index is 1.49. The average molecular weight is 398 g/mol. The number of pyridine rings is 2. The summed E-state index contributed by atoms with van der Waals surface area (Å²) in [5, 5.41) is 20.4. The largest absolute Gasteiger partial charge is 0.389 e. The summed E-state index contributed by atoms with van der Waals surface area (Å²) in [7, 11) is 0. The Morgan fingerprint density at radius 2 is 1.80 bits per heavy atom. The summed E-state index contributed by atoms with van der Waals surface area (Å²) in [6, 6.07) is 16.7. The third kappa shape index (κ3) is 4.07. The van der Waals surface area contributed by atoms with Gasteiger partial charge in [0.05, 0.1) is 28.5 Å². The Kier molecular flexibility index (Phi) is 5.55. The van der Waals surface area contributed by atoms with Crippen LogP contribution < -0.4 is 0 Å². The number of nitrogens with zero attached hydrogens (tertiary/aromatic N) is 4. The molecule has 0 bridgehead atoms. The first-order valence-corrected chi connectivity index (χ1v) is 9.95. The molecule has 0 unspecified atom stereocenters. The van der Waals surface area contributed by atoms with E-state index >= 15 is 0 Å². The van der Waals surface area contributed by atoms with E-state index in [9.17, 15) is 15.2 Å². The van der Waals surface area contributed by atoms with Crippen LogP contribution in [-0.2, 0) is 6.42 Å². The van der Waals surface area contributed by atoms with Crippen LogP contribution in [0, 0.1) is 11.3 Å². The van der Waals surface area contributed by atoms with Crippen molar-refractivity contribution < 1.29 is 9.90 Å². The summed E-state index contributed by atoms with van der Waals surface area (Å²) >= 11 is 0. The summed E-state index contributed by atoms with van der Waals surface area (Å²) in [5.74, 6) is -0.0885. The molecule has 0 spiro atoms. The summed E-state index contributed by atoms with van der Waals surface area (Å²) in [4.78, 5) is 23.4. The standard InChI is InChI=1S/C24H22N4O2/c25-17-20-5-2-1-4-19(20)16-24(30)9-14-28(15-10-24)23(29)21-6-3-11-27-22(21)18-7-12-26-13-8-18/h1-8,11-13,30H,9-10,14-16H2. The van der Waals surface area contributed by atoms with E-state index in [4.69, 9.17) is 0 Å². The summed E-state index contributed by atoms with van der Waals surface area (Å²) < 4.78 is 0. The van der Waals surface area contributed by atoms with Crippen molar-refractivity contribution in [2.45, 2.75) is 24.9 Å². The second-order valence-corrected chi connectivity index (χ2v) is 7.60. The van der Waals surface area contributed by atoms with Crippen LogP contribution >= 0.6 is 0 Å². The van der Waals surface area contributed by atoms with Gasteiger partial charge in [0.25, 0.3) is 5.91 Å². The number of hydrogen-bond acceptors (Lipinski definition) is 5. The zero-order valence-corrected chi connectivity index (χ0v) is 16.5. The van der Waals surface area contributed by atoms with Gasteiger partial charge in [-0.25, -0.2) is 0 Å². The van der Waals surface area contributed by atoms with Crippen LogP contribution in [0.4, 0.5) is 0 Å². The highest BCUT2D eigenvalue weighted by Gasteiger charge is 2.35. The Morgan fingerprint density at radius 3 is 2.53 bits per heavy atom. The smallest absolute Gasteiger partial charge is 0.256 e. The second kappa shape index (κ2) is 8.44. The highest BCUT2D eigenvalue weighted by Crippen LogP contribution is 2.29. The number of benzene rings is 1. The number of carbonyl (C=O) groups is 1. The number of aromatic nitrogens is 2. The normalized spacial score (nSPS) is 15.4. The zero-order chi connectivity index (χ0) is 21.0. The maximum absolute atomic E-state index is 13.2. The van der Waals surface area contributed by atoms with Gasteiger partial charge >= 0.3 is 0 Å². The van der Waals surface area contributed by atoms with Crippen LogP contribution in [-0.4, -0.2) is 44.6 Å². The van der Waals surface area contributed by atoms with Crippen molar-refractivity contribution in [2.24, 2.45) is 0 Å². The molecule has 1 aliphatic heterocycles. The van der Waals surface area contributed by atoms with Gasteiger partial charge < -0.3 is 10.0 Å². The SMILES string of the molecule is N#Cc1ccccc1CC1(O)CCN(C(=O)c2cccnc2-c2ccncc2)CC1. The summed E-state index contributed by atoms with van der Waals surface area (Å²) in [5.41, 5.74) is 2.52. The van der Waals surface area contributed by atoms with Gasteiger partial charge in [0.1, 0.15) is 0 Å². The van der Waals surface area contributed by atoms with Crippen LogP contribution in [0.2, 0.25) is 0 Å². The maximum atomic E-state index is 13.2. The summed E-state index contributed by atoms with van der Waals surface area (Å²) in [6.07, 6.45) is 6.37. The molecule has 1 aromatic carbocycles. The number of carbonyl (C=O) groups excluding carboxylic acids is 1. The van der Waals surface area contributed by atoms with E-state index in [1.807, 2.05) is 30.3 Å². The maximum Gasteiger partial charge on any atom is 0.256 e. The molecule has 6 nitrogen and oxygen atoms in total. The molecule has 3 heterocycles. The molecule has 1 saturated heterocycles. The predicted octanol–water partition coefficient (Wildman–Crippen LogP) is 3.23. The third-order valence-corrected chi connectivity index (χ3v) is 5.63. The van der Waals surface area contributed by atoms with E-state index in [-0.39, 0.29) is 5.91 Å². The van der Waals surface area contributed by atoms with Gasteiger partial charge in [-0.1, -0.05) is 18.2 Å². The first-order chi connectivity index (χ1) is 14.6. The molecule has 1 N–H and O–H groups in total. The minimum atomic E-state index is -0.924. The number of likely N-dealkylation sites (tertiary alicyclic amines) is 1. The molecule has 0 atom stereocenters. The number of hydrogen-bond donors (Lipinski definition) is 1. The molecule has 6 heteroatoms. The van der Waals surface area contributed by atoms with Crippen molar-refractivity contribution in [2.75, 3.05) is 13.1 Å². The molecule has 2 aromatic heterocycles. The van der Waals surface area contributed by atoms with Gasteiger partial charge in [-0.15, -0.1) is 0 Å². The quantitative estimate of drug-likeness (QED) is 0.729. The highest BCUT2D eigenvalue weighted by atomic mass is 16.3. The van der Waals surface area contributed by atoms with Gasteiger partial charge in [0.15, 0.2) is 0 Å². The van der Waals surface area contributed by atoms with Crippen LogP contribution in [0.3, 0.4) is 0 Å². The van der Waals surface area contributed by atoms with Crippen LogP contribution in [0.25, 0.3) is 11.3 Å². The Bertz CT molecular complexity index is 1080. The Hall–Kier alpha value is -3.56. The lowest BCUT2D eigenvalue weighted by molar-refractivity contribution is -0.0162. The predicted molar refractivity (Wildman–Crippen MR) is 112 cm³/mol. The van der Waals surface area contributed by atoms with Gasteiger partial charge in [0.2, 0.25) is 0 Å². The van der Waals surface area contributed by atoms with E-state index in [2.05, 4.69) is 16.0 Å². The minimum Gasteiger partial charge on any atom is -0.389 e. The summed E-state index contributed by atoms with van der Waals surface area (Å²) in [6.45, 7) is 0.906. The molecule has 0 saturated carbocycles. The van der Waals surface area contributed by atoms with Crippen molar-refractivity contribution in [3.05, 3.63) is 83.8 Å². The van der Waals surface area contributed by atoms with Crippen molar-refractivity contribution in [3.8, 4) is 17.3 Å². The van der Waals surface area contributed by atoms with Crippen LogP contribution in [0.1, 0.15) is 34.3 Å². The number of rotatable bonds is 4. The molecule has 0 radical (unpaired) electrons. The average Bonchev–Trinajstić information content (AvgIpc) is 2.80. The van der Waals surface area contributed by atoms with E-state index in [0.29, 0.717) is 49.2 Å². The number of nitriles is 1. The molecular formula is C24H22N4O2. The molecule has 30 heavy (non-hydrogen) atoms. The molecule has 4 rings (SSSR count). The number of amides is 1. The van der Waals surface area contributed by atoms with E-state index in [1.165, 1.54) is 0 Å². The Morgan fingerprint density at radius 1 is 1.07 bits per heavy atom. The monoisotopic (exact) mass is 398 g/mol. The zero-order valence-electron chi connectivity index (χ0n) is 16.5. The van der Waals surface area contributed by atoms with Crippen molar-refractivity contribution in [1.29, 1.82) is 5.26 Å². The van der Waals surface area contributed by atoms with Crippen LogP contribution in [0.5, 0.6) is 0 Å². The molecule has 150 valence electrons. The number of aliphatic hydroxyl groups is 1. The third-order valence-electron chi connectivity index (χ3n) is 5.63. The number of piperidine rings is 1. The second-order valence-electron chi connectivity index (χ2n) is 7.60. The van der Waals surface area contributed by atoms with Crippen molar-refractivity contribution >= 4 is 5.91 Å². The fourth-order valence-corrected chi connectivity index (χ4v) is 3.93. The van der Waals surface area contributed by atoms with Crippen molar-refractivity contribution in [3.63, 3.8) is 0 Å². The lowest BCUT2D eigenvalue weighted by atomic mass is 9.84. The first-order valence-electron chi connectivity index (χ1n) is 9.95. The van der Waals surface area contributed by atoms with Crippen LogP contribution in [0.15, 0.2) is 67.1 Å². The molecular weight excluding hydrogens is 376 g/mol. The lowest BCUT2D eigenvalue weighted by Crippen LogP contribution is -2.48. The molecule has 0 aliphatic carbocycles. The van der Waals surface area contributed by atoms with Gasteiger partial charge in [-0.2, -0.15) is 5.26 Å². The highest BCUT2D eigenvalue weighted by molar-refractivity contribution is 5.99. The molecule has 3 aromatic rings. The molecule has 1 fully saturated rings. The van der Waals surface area contributed by atoms with E-state index in [0.717, 1.165) is 11.1 Å². The molecule has 1 aliphatic rings. The topological polar surface area (TPSA) is 90.1 Å².